The molecule has 7 nitrogen and oxygen atoms in total. The molecule has 7 heteroatoms. The number of carbonyl (C=O) groups excluding carboxylic acids is 1. The van der Waals surface area contributed by atoms with Crippen LogP contribution in [0.4, 0.5) is 0 Å². The molecule has 0 fully saturated rings. The van der Waals surface area contributed by atoms with Crippen LogP contribution in [0.5, 0.6) is 5.75 Å². The Hall–Kier alpha value is -2.83. The molecule has 3 aromatic rings. The first-order chi connectivity index (χ1) is 11.6. The maximum absolute atomic E-state index is 12.6. The zero-order valence-corrected chi connectivity index (χ0v) is 13.9. The number of ether oxygens (including phenoxy) is 1. The lowest BCUT2D eigenvalue weighted by atomic mass is 10.0. The minimum atomic E-state index is -0.265. The van der Waals surface area contributed by atoms with Gasteiger partial charge in [0.15, 0.2) is 17.1 Å². The number of amides is 1. The second-order valence-electron chi connectivity index (χ2n) is 5.90. The molecule has 0 bridgehead atoms. The van der Waals surface area contributed by atoms with Crippen molar-refractivity contribution in [2.24, 2.45) is 5.92 Å². The molecule has 1 amide bonds. The van der Waals surface area contributed by atoms with Crippen molar-refractivity contribution in [1.29, 1.82) is 0 Å². The molecule has 0 aliphatic rings. The first-order valence-corrected chi connectivity index (χ1v) is 7.80. The van der Waals surface area contributed by atoms with Crippen molar-refractivity contribution in [2.75, 3.05) is 7.11 Å². The largest absolute Gasteiger partial charge is 0.493 e. The number of methoxy groups -OCH3 is 1. The highest BCUT2D eigenvalue weighted by Gasteiger charge is 2.21. The highest BCUT2D eigenvalue weighted by molar-refractivity contribution is 5.97. The van der Waals surface area contributed by atoms with Crippen LogP contribution in [0.2, 0.25) is 0 Å². The van der Waals surface area contributed by atoms with Crippen LogP contribution >= 0.6 is 0 Å². The molecule has 0 aliphatic carbocycles. The summed E-state index contributed by atoms with van der Waals surface area (Å²) in [5.74, 6) is 0.819. The molecule has 24 heavy (non-hydrogen) atoms. The smallest absolute Gasteiger partial charge is 0.287 e. The van der Waals surface area contributed by atoms with Gasteiger partial charge in [-0.1, -0.05) is 26.0 Å². The number of carbonyl (C=O) groups is 1. The second-order valence-corrected chi connectivity index (χ2v) is 5.90. The fourth-order valence-electron chi connectivity index (χ4n) is 2.49. The molecule has 1 aromatic carbocycles. The third-order valence-corrected chi connectivity index (χ3v) is 3.90. The van der Waals surface area contributed by atoms with Gasteiger partial charge in [0.1, 0.15) is 0 Å². The predicted octanol–water partition coefficient (Wildman–Crippen LogP) is 2.49. The van der Waals surface area contributed by atoms with Crippen molar-refractivity contribution < 1.29 is 13.9 Å². The lowest BCUT2D eigenvalue weighted by Crippen LogP contribution is -2.41. The number of nitrogens with zero attached hydrogens (tertiary/aromatic N) is 3. The number of hydrogen-bond donors (Lipinski definition) is 1. The van der Waals surface area contributed by atoms with E-state index in [2.05, 4.69) is 15.5 Å². The average molecular weight is 328 g/mol. The summed E-state index contributed by atoms with van der Waals surface area (Å²) < 4.78 is 11.0. The Morgan fingerprint density at radius 1 is 1.33 bits per heavy atom. The topological polar surface area (TPSA) is 82.2 Å². The van der Waals surface area contributed by atoms with Crippen molar-refractivity contribution in [3.8, 4) is 5.75 Å². The summed E-state index contributed by atoms with van der Waals surface area (Å²) >= 11 is 0. The van der Waals surface area contributed by atoms with Crippen LogP contribution in [0.3, 0.4) is 0 Å². The minimum absolute atomic E-state index is 0.111. The molecule has 1 N–H and O–H groups in total. The number of benzene rings is 1. The van der Waals surface area contributed by atoms with Gasteiger partial charge >= 0.3 is 0 Å². The number of furan rings is 1. The van der Waals surface area contributed by atoms with E-state index in [0.29, 0.717) is 17.9 Å². The summed E-state index contributed by atoms with van der Waals surface area (Å²) in [7, 11) is 1.57. The SMILES string of the molecule is COc1cccc2cc(C(=O)N[C@H](Cn3nccn3)C(C)C)oc12. The third kappa shape index (κ3) is 3.24. The number of nitrogens with one attached hydrogen (secondary N) is 1. The maximum atomic E-state index is 12.6. The second kappa shape index (κ2) is 6.74. The fourth-order valence-corrected chi connectivity index (χ4v) is 2.49. The molecule has 2 aromatic heterocycles. The monoisotopic (exact) mass is 328 g/mol. The van der Waals surface area contributed by atoms with E-state index in [1.807, 2.05) is 26.0 Å². The molecule has 0 aliphatic heterocycles. The van der Waals surface area contributed by atoms with Crippen LogP contribution in [0, 0.1) is 5.92 Å². The standard InChI is InChI=1S/C17H20N4O3/c1-11(2)13(10-21-18-7-8-19-21)20-17(22)15-9-12-5-4-6-14(23-3)16(12)24-15/h4-9,11,13H,10H2,1-3H3,(H,20,22)/t13-/m1/s1. The Balaban J connectivity index is 1.80. The molecule has 0 spiro atoms. The van der Waals surface area contributed by atoms with E-state index in [-0.39, 0.29) is 23.6 Å². The zero-order chi connectivity index (χ0) is 17.1. The van der Waals surface area contributed by atoms with E-state index in [4.69, 9.17) is 9.15 Å². The van der Waals surface area contributed by atoms with Gasteiger partial charge in [0.05, 0.1) is 32.1 Å². The molecule has 0 unspecified atom stereocenters. The summed E-state index contributed by atoms with van der Waals surface area (Å²) in [5.41, 5.74) is 0.569. The first kappa shape index (κ1) is 16.0. The molecule has 3 rings (SSSR count). The van der Waals surface area contributed by atoms with Gasteiger partial charge in [0.2, 0.25) is 0 Å². The molecule has 0 radical (unpaired) electrons. The van der Waals surface area contributed by atoms with Gasteiger partial charge in [0, 0.05) is 5.39 Å². The van der Waals surface area contributed by atoms with Gasteiger partial charge in [0.25, 0.3) is 5.91 Å². The number of para-hydroxylation sites is 1. The van der Waals surface area contributed by atoms with Gasteiger partial charge in [-0.3, -0.25) is 4.79 Å². The van der Waals surface area contributed by atoms with Crippen molar-refractivity contribution in [2.45, 2.75) is 26.4 Å². The highest BCUT2D eigenvalue weighted by atomic mass is 16.5. The third-order valence-electron chi connectivity index (χ3n) is 3.90. The molecule has 0 saturated heterocycles. The normalized spacial score (nSPS) is 12.5. The van der Waals surface area contributed by atoms with E-state index in [0.717, 1.165) is 5.39 Å². The van der Waals surface area contributed by atoms with Crippen molar-refractivity contribution in [3.05, 3.63) is 42.4 Å². The predicted molar refractivity (Wildman–Crippen MR) is 88.9 cm³/mol. The van der Waals surface area contributed by atoms with Crippen molar-refractivity contribution in [3.63, 3.8) is 0 Å². The summed E-state index contributed by atoms with van der Waals surface area (Å²) in [6, 6.07) is 7.15. The van der Waals surface area contributed by atoms with E-state index in [1.165, 1.54) is 0 Å². The quantitative estimate of drug-likeness (QED) is 0.752. The van der Waals surface area contributed by atoms with Gasteiger partial charge in [-0.25, -0.2) is 0 Å². The summed E-state index contributed by atoms with van der Waals surface area (Å²) in [4.78, 5) is 14.1. The number of hydrogen-bond acceptors (Lipinski definition) is 5. The summed E-state index contributed by atoms with van der Waals surface area (Å²) in [6.07, 6.45) is 3.23. The van der Waals surface area contributed by atoms with E-state index in [1.54, 1.807) is 36.4 Å². The van der Waals surface area contributed by atoms with Gasteiger partial charge in [-0.15, -0.1) is 0 Å². The Kier molecular flexibility index (Phi) is 4.50. The van der Waals surface area contributed by atoms with E-state index in [9.17, 15) is 4.79 Å². The lowest BCUT2D eigenvalue weighted by molar-refractivity contribution is 0.0891. The Labute approximate surface area is 139 Å². The van der Waals surface area contributed by atoms with Crippen molar-refractivity contribution in [1.82, 2.24) is 20.3 Å². The fraction of sp³-hybridized carbons (Fsp3) is 0.353. The molecule has 126 valence electrons. The molecular formula is C17H20N4O3. The first-order valence-electron chi connectivity index (χ1n) is 7.80. The van der Waals surface area contributed by atoms with Crippen LogP contribution in [0.15, 0.2) is 41.1 Å². The van der Waals surface area contributed by atoms with Gasteiger partial charge < -0.3 is 14.5 Å². The summed E-state index contributed by atoms with van der Waals surface area (Å²) in [6.45, 7) is 4.58. The minimum Gasteiger partial charge on any atom is -0.493 e. The number of rotatable bonds is 6. The summed E-state index contributed by atoms with van der Waals surface area (Å²) in [5, 5.41) is 12.0. The van der Waals surface area contributed by atoms with Gasteiger partial charge in [-0.2, -0.15) is 15.0 Å². The molecule has 1 atom stereocenters. The average Bonchev–Trinajstić information content (AvgIpc) is 3.22. The van der Waals surface area contributed by atoms with Crippen LogP contribution in [0.1, 0.15) is 24.4 Å². The van der Waals surface area contributed by atoms with Crippen molar-refractivity contribution >= 4 is 16.9 Å². The van der Waals surface area contributed by atoms with Crippen LogP contribution in [-0.2, 0) is 6.54 Å². The van der Waals surface area contributed by atoms with Crippen LogP contribution in [0.25, 0.3) is 11.0 Å². The Morgan fingerprint density at radius 2 is 2.08 bits per heavy atom. The number of fused-ring (bicyclic) bond motifs is 1. The van der Waals surface area contributed by atoms with E-state index < -0.39 is 0 Å². The molecular weight excluding hydrogens is 308 g/mol. The Morgan fingerprint density at radius 3 is 2.75 bits per heavy atom. The van der Waals surface area contributed by atoms with Crippen LogP contribution < -0.4 is 10.1 Å². The Bertz CT molecular complexity index is 824. The van der Waals surface area contributed by atoms with Crippen LogP contribution in [-0.4, -0.2) is 34.1 Å². The van der Waals surface area contributed by atoms with E-state index >= 15 is 0 Å². The zero-order valence-electron chi connectivity index (χ0n) is 13.9. The maximum Gasteiger partial charge on any atom is 0.287 e. The highest BCUT2D eigenvalue weighted by Crippen LogP contribution is 2.28. The van der Waals surface area contributed by atoms with Gasteiger partial charge in [-0.05, 0) is 18.1 Å². The number of aromatic nitrogens is 3. The molecule has 2 heterocycles. The lowest BCUT2D eigenvalue weighted by Gasteiger charge is -2.21. The molecule has 0 saturated carbocycles.